The van der Waals surface area contributed by atoms with E-state index in [1.807, 2.05) is 11.7 Å². The number of nitrogens with zero attached hydrogens (tertiary/aromatic N) is 4. The zero-order valence-electron chi connectivity index (χ0n) is 21.5. The van der Waals surface area contributed by atoms with Crippen LogP contribution < -0.4 is 10.2 Å². The predicted molar refractivity (Wildman–Crippen MR) is 139 cm³/mol. The van der Waals surface area contributed by atoms with Crippen LogP contribution in [0, 0.1) is 11.8 Å². The first-order valence-corrected chi connectivity index (χ1v) is 13.8. The highest BCUT2D eigenvalue weighted by Gasteiger charge is 2.32. The Hall–Kier alpha value is -2.41. The molecular weight excluding hydrogens is 438 g/mol. The van der Waals surface area contributed by atoms with Gasteiger partial charge in [-0.3, -0.25) is 24.5 Å². The van der Waals surface area contributed by atoms with Crippen molar-refractivity contribution in [3.63, 3.8) is 0 Å². The minimum Gasteiger partial charge on any atom is -0.369 e. The summed E-state index contributed by atoms with van der Waals surface area (Å²) in [7, 11) is 1.94. The lowest BCUT2D eigenvalue weighted by Gasteiger charge is -2.37. The number of aromatic nitrogens is 2. The number of carbonyl (C=O) groups excluding carboxylic acids is 2. The third-order valence-electron chi connectivity index (χ3n) is 8.53. The molecule has 1 aliphatic carbocycles. The van der Waals surface area contributed by atoms with Crippen LogP contribution in [0.5, 0.6) is 0 Å². The van der Waals surface area contributed by atoms with Crippen molar-refractivity contribution in [2.45, 2.75) is 70.6 Å². The molecule has 1 N–H and O–H groups in total. The van der Waals surface area contributed by atoms with Gasteiger partial charge in [0.2, 0.25) is 11.8 Å². The van der Waals surface area contributed by atoms with E-state index in [1.165, 1.54) is 57.2 Å². The molecule has 35 heavy (non-hydrogen) atoms. The first-order chi connectivity index (χ1) is 17.0. The Balaban J connectivity index is 1.17. The van der Waals surface area contributed by atoms with Gasteiger partial charge in [0.05, 0.1) is 17.1 Å². The normalized spacial score (nSPS) is 23.6. The number of carbonyl (C=O) groups is 2. The number of benzene rings is 1. The van der Waals surface area contributed by atoms with Crippen molar-refractivity contribution in [3.05, 3.63) is 23.9 Å². The van der Waals surface area contributed by atoms with Gasteiger partial charge in [-0.05, 0) is 42.9 Å². The zero-order chi connectivity index (χ0) is 24.4. The fraction of sp³-hybridized carbons (Fsp3) is 0.679. The summed E-state index contributed by atoms with van der Waals surface area (Å²) >= 11 is 0. The van der Waals surface area contributed by atoms with Crippen LogP contribution in [0.3, 0.4) is 0 Å². The van der Waals surface area contributed by atoms with Crippen LogP contribution in [-0.4, -0.2) is 59.2 Å². The van der Waals surface area contributed by atoms with Gasteiger partial charge in [0.15, 0.2) is 0 Å². The molecule has 1 saturated carbocycles. The minimum atomic E-state index is -0.356. The van der Waals surface area contributed by atoms with Crippen LogP contribution >= 0.6 is 0 Å². The molecule has 2 saturated heterocycles. The molecular formula is C28H41N5O2. The number of amides is 2. The quantitative estimate of drug-likeness (QED) is 0.603. The van der Waals surface area contributed by atoms with E-state index < -0.39 is 0 Å². The Kier molecular flexibility index (Phi) is 7.42. The van der Waals surface area contributed by atoms with Crippen molar-refractivity contribution >= 4 is 28.4 Å². The lowest BCUT2D eigenvalue weighted by molar-refractivity contribution is -0.134. The summed E-state index contributed by atoms with van der Waals surface area (Å²) in [6, 6.07) is 6.48. The number of nitrogens with one attached hydrogen (secondary N) is 1. The van der Waals surface area contributed by atoms with E-state index in [0.717, 1.165) is 54.6 Å². The van der Waals surface area contributed by atoms with Gasteiger partial charge in [0.25, 0.3) is 0 Å². The molecule has 0 bridgehead atoms. The van der Waals surface area contributed by atoms with E-state index in [1.54, 1.807) is 0 Å². The summed E-state index contributed by atoms with van der Waals surface area (Å²) in [4.78, 5) is 29.1. The van der Waals surface area contributed by atoms with Gasteiger partial charge in [0, 0.05) is 57.3 Å². The smallest absolute Gasteiger partial charge is 0.235 e. The Bertz CT molecular complexity index is 1050. The largest absolute Gasteiger partial charge is 0.369 e. The molecule has 2 amide bonds. The predicted octanol–water partition coefficient (Wildman–Crippen LogP) is 4.21. The van der Waals surface area contributed by atoms with E-state index in [0.29, 0.717) is 12.8 Å². The highest BCUT2D eigenvalue weighted by Crippen LogP contribution is 2.33. The first-order valence-electron chi connectivity index (χ1n) is 13.8. The molecule has 7 heteroatoms. The van der Waals surface area contributed by atoms with Crippen LogP contribution in [0.25, 0.3) is 10.9 Å². The average molecular weight is 480 g/mol. The van der Waals surface area contributed by atoms with E-state index >= 15 is 0 Å². The van der Waals surface area contributed by atoms with Crippen molar-refractivity contribution in [1.82, 2.24) is 20.0 Å². The Morgan fingerprint density at radius 2 is 1.83 bits per heavy atom. The molecule has 2 atom stereocenters. The first kappa shape index (κ1) is 24.3. The van der Waals surface area contributed by atoms with E-state index in [4.69, 9.17) is 0 Å². The lowest BCUT2D eigenvalue weighted by atomic mass is 9.84. The van der Waals surface area contributed by atoms with Crippen molar-refractivity contribution in [3.8, 4) is 0 Å². The van der Waals surface area contributed by atoms with Crippen molar-refractivity contribution in [2.75, 3.05) is 37.6 Å². The number of aryl methyl sites for hydroxylation is 1. The molecule has 190 valence electrons. The van der Waals surface area contributed by atoms with Crippen LogP contribution in [0.15, 0.2) is 18.2 Å². The second-order valence-corrected chi connectivity index (χ2v) is 11.2. The number of hydrogen-bond donors (Lipinski definition) is 1. The topological polar surface area (TPSA) is 70.5 Å². The SMILES string of the molecule is C[C@@H](CCC1CCCCC1)CN1CCN(c2ccc3c(C4CCC(=O)NC4=O)nn(C)c3c2)CC1. The fourth-order valence-electron chi connectivity index (χ4n) is 6.40. The minimum absolute atomic E-state index is 0.188. The third-order valence-corrected chi connectivity index (χ3v) is 8.53. The van der Waals surface area contributed by atoms with Gasteiger partial charge in [-0.1, -0.05) is 45.4 Å². The van der Waals surface area contributed by atoms with E-state index in [9.17, 15) is 9.59 Å². The number of piperidine rings is 1. The summed E-state index contributed by atoms with van der Waals surface area (Å²) < 4.78 is 1.88. The van der Waals surface area contributed by atoms with E-state index in [2.05, 4.69) is 45.3 Å². The van der Waals surface area contributed by atoms with Gasteiger partial charge >= 0.3 is 0 Å². The maximum atomic E-state index is 12.4. The number of piperazine rings is 1. The molecule has 7 nitrogen and oxygen atoms in total. The zero-order valence-corrected chi connectivity index (χ0v) is 21.5. The standard InChI is InChI=1S/C28H41N5O2/c1-20(8-9-21-6-4-3-5-7-21)19-32-14-16-33(17-15-32)22-10-11-23-25(18-22)31(2)30-27(23)24-12-13-26(34)29-28(24)35/h10-11,18,20-21,24H,3-9,12-17,19H2,1-2H3,(H,29,34,35)/t20-,24?/m0/s1. The fourth-order valence-corrected chi connectivity index (χ4v) is 6.40. The van der Waals surface area contributed by atoms with Crippen LogP contribution in [0.1, 0.15) is 76.3 Å². The maximum Gasteiger partial charge on any atom is 0.235 e. The van der Waals surface area contributed by atoms with Crippen molar-refractivity contribution in [2.24, 2.45) is 18.9 Å². The maximum absolute atomic E-state index is 12.4. The lowest BCUT2D eigenvalue weighted by Crippen LogP contribution is -2.47. The van der Waals surface area contributed by atoms with Gasteiger partial charge < -0.3 is 4.90 Å². The van der Waals surface area contributed by atoms with Crippen LogP contribution in [-0.2, 0) is 16.6 Å². The van der Waals surface area contributed by atoms with Crippen LogP contribution in [0.4, 0.5) is 5.69 Å². The number of hydrogen-bond acceptors (Lipinski definition) is 5. The summed E-state index contributed by atoms with van der Waals surface area (Å²) in [6.07, 6.45) is 11.0. The second-order valence-electron chi connectivity index (χ2n) is 11.2. The van der Waals surface area contributed by atoms with Crippen LogP contribution in [0.2, 0.25) is 0 Å². The molecule has 1 aromatic heterocycles. The van der Waals surface area contributed by atoms with Crippen molar-refractivity contribution < 1.29 is 9.59 Å². The molecule has 3 aliphatic rings. The monoisotopic (exact) mass is 479 g/mol. The summed E-state index contributed by atoms with van der Waals surface area (Å²) in [6.45, 7) is 7.96. The molecule has 1 aromatic carbocycles. The second kappa shape index (κ2) is 10.7. The molecule has 1 unspecified atom stereocenters. The highest BCUT2D eigenvalue weighted by atomic mass is 16.2. The molecule has 5 rings (SSSR count). The third kappa shape index (κ3) is 5.55. The molecule has 3 heterocycles. The molecule has 3 fully saturated rings. The van der Waals surface area contributed by atoms with Gasteiger partial charge in [-0.2, -0.15) is 5.10 Å². The number of fused-ring (bicyclic) bond motifs is 1. The Morgan fingerprint density at radius 3 is 2.57 bits per heavy atom. The average Bonchev–Trinajstić information content (AvgIpc) is 3.19. The van der Waals surface area contributed by atoms with E-state index in [-0.39, 0.29) is 17.7 Å². The Morgan fingerprint density at radius 1 is 1.06 bits per heavy atom. The molecule has 2 aliphatic heterocycles. The summed E-state index contributed by atoms with van der Waals surface area (Å²) in [5.41, 5.74) is 3.05. The number of anilines is 1. The molecule has 0 radical (unpaired) electrons. The van der Waals surface area contributed by atoms with Gasteiger partial charge in [-0.25, -0.2) is 0 Å². The highest BCUT2D eigenvalue weighted by molar-refractivity contribution is 6.02. The number of rotatable bonds is 7. The number of imide groups is 1. The Labute approximate surface area is 209 Å². The van der Waals surface area contributed by atoms with Gasteiger partial charge in [0.1, 0.15) is 0 Å². The van der Waals surface area contributed by atoms with Gasteiger partial charge in [-0.15, -0.1) is 0 Å². The molecule has 2 aromatic rings. The van der Waals surface area contributed by atoms with Crippen molar-refractivity contribution in [1.29, 1.82) is 0 Å². The summed E-state index contributed by atoms with van der Waals surface area (Å²) in [5, 5.41) is 8.17. The summed E-state index contributed by atoms with van der Waals surface area (Å²) in [5.74, 6) is 0.993. The molecule has 0 spiro atoms.